The summed E-state index contributed by atoms with van der Waals surface area (Å²) in [5.41, 5.74) is 1.51. The van der Waals surface area contributed by atoms with Gasteiger partial charge in [0.05, 0.1) is 17.2 Å². The van der Waals surface area contributed by atoms with Crippen LogP contribution in [0.3, 0.4) is 0 Å². The number of aromatic nitrogens is 1. The standard InChI is InChI=1S/C25H24FNO4/c1-14(2)30-21-12-9-15(13-18(21)26)19-11-10-17-22(25(3,4)24(28)29)16-7-5-6-8-20(16)31-23(17)27-19/h5-14,22H,1-4H3,(H,28,29)/t22-/m0/s1. The Bertz CT molecular complexity index is 1160. The van der Waals surface area contributed by atoms with Crippen LogP contribution in [0.15, 0.2) is 54.6 Å². The van der Waals surface area contributed by atoms with Crippen molar-refractivity contribution in [3.8, 4) is 28.6 Å². The number of carbonyl (C=O) groups is 1. The summed E-state index contributed by atoms with van der Waals surface area (Å²) in [6, 6.07) is 15.7. The molecule has 0 aliphatic carbocycles. The SMILES string of the molecule is CC(C)Oc1ccc(-c2ccc3c(n2)Oc2ccccc2[C@@H]3C(C)(C)C(=O)O)cc1F. The molecule has 1 aliphatic heterocycles. The van der Waals surface area contributed by atoms with E-state index in [0.717, 1.165) is 5.56 Å². The van der Waals surface area contributed by atoms with Gasteiger partial charge in [0.25, 0.3) is 0 Å². The molecule has 4 rings (SSSR count). The molecule has 0 fully saturated rings. The van der Waals surface area contributed by atoms with Crippen LogP contribution < -0.4 is 9.47 Å². The summed E-state index contributed by atoms with van der Waals surface area (Å²) in [5.74, 6) is -0.728. The first-order chi connectivity index (χ1) is 14.7. The molecule has 31 heavy (non-hydrogen) atoms. The lowest BCUT2D eigenvalue weighted by molar-refractivity contribution is -0.147. The van der Waals surface area contributed by atoms with Crippen molar-refractivity contribution in [3.63, 3.8) is 0 Å². The first-order valence-electron chi connectivity index (χ1n) is 10.2. The van der Waals surface area contributed by atoms with E-state index in [4.69, 9.17) is 9.47 Å². The van der Waals surface area contributed by atoms with E-state index in [1.807, 2.05) is 38.1 Å². The van der Waals surface area contributed by atoms with Crippen molar-refractivity contribution < 1.29 is 23.8 Å². The molecular formula is C25H24FNO4. The van der Waals surface area contributed by atoms with Crippen molar-refractivity contribution in [1.82, 2.24) is 4.98 Å². The second-order valence-electron chi connectivity index (χ2n) is 8.50. The van der Waals surface area contributed by atoms with Crippen LogP contribution in [0.1, 0.15) is 44.7 Å². The van der Waals surface area contributed by atoms with Gasteiger partial charge >= 0.3 is 5.97 Å². The van der Waals surface area contributed by atoms with E-state index < -0.39 is 23.1 Å². The summed E-state index contributed by atoms with van der Waals surface area (Å²) in [5, 5.41) is 9.88. The fraction of sp³-hybridized carbons (Fsp3) is 0.280. The average Bonchev–Trinajstić information content (AvgIpc) is 2.72. The number of aliphatic carboxylic acids is 1. The summed E-state index contributed by atoms with van der Waals surface area (Å²) >= 11 is 0. The lowest BCUT2D eigenvalue weighted by Gasteiger charge is -2.36. The minimum atomic E-state index is -1.08. The number of carboxylic acids is 1. The van der Waals surface area contributed by atoms with Crippen LogP contribution in [0.2, 0.25) is 0 Å². The van der Waals surface area contributed by atoms with Crippen LogP contribution in [0.25, 0.3) is 11.3 Å². The molecule has 0 amide bonds. The topological polar surface area (TPSA) is 68.7 Å². The molecule has 1 aromatic heterocycles. The molecule has 160 valence electrons. The molecule has 6 heteroatoms. The zero-order chi connectivity index (χ0) is 22.3. The van der Waals surface area contributed by atoms with Crippen molar-refractivity contribution in [3.05, 3.63) is 71.5 Å². The first-order valence-corrected chi connectivity index (χ1v) is 10.2. The largest absolute Gasteiger partial charge is 0.488 e. The monoisotopic (exact) mass is 421 g/mol. The van der Waals surface area contributed by atoms with Crippen LogP contribution in [0.5, 0.6) is 17.4 Å². The number of ether oxygens (including phenoxy) is 2. The minimum absolute atomic E-state index is 0.134. The number of nitrogens with zero attached hydrogens (tertiary/aromatic N) is 1. The third-order valence-electron chi connectivity index (χ3n) is 5.50. The van der Waals surface area contributed by atoms with E-state index in [1.54, 1.807) is 38.1 Å². The average molecular weight is 421 g/mol. The summed E-state index contributed by atoms with van der Waals surface area (Å²) in [4.78, 5) is 16.7. The molecule has 0 spiro atoms. The quantitative estimate of drug-likeness (QED) is 0.545. The number of para-hydroxylation sites is 1. The first kappa shape index (κ1) is 20.8. The summed E-state index contributed by atoms with van der Waals surface area (Å²) in [7, 11) is 0. The number of rotatable bonds is 5. The maximum absolute atomic E-state index is 14.5. The van der Waals surface area contributed by atoms with Gasteiger partial charge in [-0.15, -0.1) is 0 Å². The fourth-order valence-corrected chi connectivity index (χ4v) is 3.91. The van der Waals surface area contributed by atoms with Crippen molar-refractivity contribution in [2.75, 3.05) is 0 Å². The zero-order valence-corrected chi connectivity index (χ0v) is 17.8. The molecule has 2 aromatic carbocycles. The van der Waals surface area contributed by atoms with Crippen LogP contribution in [-0.4, -0.2) is 22.2 Å². The number of benzene rings is 2. The number of fused-ring (bicyclic) bond motifs is 2. The zero-order valence-electron chi connectivity index (χ0n) is 17.8. The van der Waals surface area contributed by atoms with Gasteiger partial charge in [0.15, 0.2) is 11.6 Å². The van der Waals surface area contributed by atoms with Gasteiger partial charge in [0.2, 0.25) is 5.88 Å². The van der Waals surface area contributed by atoms with Crippen LogP contribution in [-0.2, 0) is 4.79 Å². The Balaban J connectivity index is 1.79. The van der Waals surface area contributed by atoms with Crippen molar-refractivity contribution in [2.24, 2.45) is 5.41 Å². The minimum Gasteiger partial charge on any atom is -0.488 e. The molecule has 1 N–H and O–H groups in total. The van der Waals surface area contributed by atoms with E-state index in [1.165, 1.54) is 6.07 Å². The van der Waals surface area contributed by atoms with E-state index >= 15 is 0 Å². The summed E-state index contributed by atoms with van der Waals surface area (Å²) in [6.45, 7) is 7.07. The molecule has 0 radical (unpaired) electrons. The molecule has 3 aromatic rings. The second-order valence-corrected chi connectivity index (χ2v) is 8.50. The van der Waals surface area contributed by atoms with Gasteiger partial charge < -0.3 is 14.6 Å². The Hall–Kier alpha value is -3.41. The van der Waals surface area contributed by atoms with Crippen LogP contribution >= 0.6 is 0 Å². The summed E-state index contributed by atoms with van der Waals surface area (Å²) in [6.07, 6.45) is -0.134. The maximum atomic E-state index is 14.5. The van der Waals surface area contributed by atoms with E-state index in [0.29, 0.717) is 28.5 Å². The van der Waals surface area contributed by atoms with Gasteiger partial charge in [-0.05, 0) is 58.0 Å². The van der Waals surface area contributed by atoms with Crippen LogP contribution in [0, 0.1) is 11.2 Å². The lowest BCUT2D eigenvalue weighted by atomic mass is 9.70. The lowest BCUT2D eigenvalue weighted by Crippen LogP contribution is -2.33. The van der Waals surface area contributed by atoms with Gasteiger partial charge in [-0.25, -0.2) is 9.37 Å². The molecule has 0 bridgehead atoms. The number of hydrogen-bond donors (Lipinski definition) is 1. The van der Waals surface area contributed by atoms with Gasteiger partial charge in [0.1, 0.15) is 5.75 Å². The molecular weight excluding hydrogens is 397 g/mol. The Morgan fingerprint density at radius 1 is 1.13 bits per heavy atom. The van der Waals surface area contributed by atoms with Gasteiger partial charge in [-0.2, -0.15) is 0 Å². The summed E-state index contributed by atoms with van der Waals surface area (Å²) < 4.78 is 26.0. The highest BCUT2D eigenvalue weighted by molar-refractivity contribution is 5.77. The molecule has 1 atom stereocenters. The highest BCUT2D eigenvalue weighted by atomic mass is 19.1. The third kappa shape index (κ3) is 3.74. The van der Waals surface area contributed by atoms with Crippen molar-refractivity contribution in [1.29, 1.82) is 0 Å². The Morgan fingerprint density at radius 2 is 1.87 bits per heavy atom. The van der Waals surface area contributed by atoms with E-state index in [2.05, 4.69) is 4.98 Å². The van der Waals surface area contributed by atoms with E-state index in [-0.39, 0.29) is 11.9 Å². The normalized spacial score (nSPS) is 15.1. The highest BCUT2D eigenvalue weighted by Gasteiger charge is 2.44. The highest BCUT2D eigenvalue weighted by Crippen LogP contribution is 2.51. The number of carboxylic acid groups (broad SMARTS) is 1. The third-order valence-corrected chi connectivity index (χ3v) is 5.50. The predicted octanol–water partition coefficient (Wildman–Crippen LogP) is 6.02. The second kappa shape index (κ2) is 7.69. The van der Waals surface area contributed by atoms with Gasteiger partial charge in [0, 0.05) is 22.6 Å². The fourth-order valence-electron chi connectivity index (χ4n) is 3.91. The number of pyridine rings is 1. The number of halogens is 1. The Morgan fingerprint density at radius 3 is 2.55 bits per heavy atom. The van der Waals surface area contributed by atoms with Crippen molar-refractivity contribution in [2.45, 2.75) is 39.7 Å². The molecule has 0 saturated heterocycles. The molecule has 5 nitrogen and oxygen atoms in total. The maximum Gasteiger partial charge on any atom is 0.310 e. The predicted molar refractivity (Wildman–Crippen MR) is 115 cm³/mol. The van der Waals surface area contributed by atoms with Gasteiger partial charge in [-0.3, -0.25) is 4.79 Å². The Labute approximate surface area is 180 Å². The Kier molecular flexibility index (Phi) is 5.17. The molecule has 2 heterocycles. The van der Waals surface area contributed by atoms with Gasteiger partial charge in [-0.1, -0.05) is 24.3 Å². The molecule has 1 aliphatic rings. The van der Waals surface area contributed by atoms with E-state index in [9.17, 15) is 14.3 Å². The van der Waals surface area contributed by atoms with Crippen LogP contribution in [0.4, 0.5) is 4.39 Å². The molecule has 0 unspecified atom stereocenters. The van der Waals surface area contributed by atoms with Crippen molar-refractivity contribution >= 4 is 5.97 Å². The smallest absolute Gasteiger partial charge is 0.310 e. The number of hydrogen-bond acceptors (Lipinski definition) is 4. The molecule has 0 saturated carbocycles.